The van der Waals surface area contributed by atoms with Crippen molar-refractivity contribution in [3.8, 4) is 11.1 Å². The molecular weight excluding hydrogens is 534 g/mol. The van der Waals surface area contributed by atoms with Crippen molar-refractivity contribution in [1.29, 1.82) is 0 Å². The molecule has 2 aromatic carbocycles. The molecule has 4 rings (SSSR count). The molecule has 39 heavy (non-hydrogen) atoms. The number of hydrogen-bond donors (Lipinski definition) is 1. The van der Waals surface area contributed by atoms with E-state index in [1.54, 1.807) is 24.3 Å². The highest BCUT2D eigenvalue weighted by atomic mass is 32.2. The normalized spacial score (nSPS) is 18.5. The van der Waals surface area contributed by atoms with Gasteiger partial charge in [0.1, 0.15) is 5.37 Å². The van der Waals surface area contributed by atoms with Gasteiger partial charge in [0.05, 0.1) is 24.6 Å². The van der Waals surface area contributed by atoms with E-state index in [4.69, 9.17) is 4.74 Å². The summed E-state index contributed by atoms with van der Waals surface area (Å²) >= 11 is 1.33. The Morgan fingerprint density at radius 3 is 2.49 bits per heavy atom. The molecule has 0 bridgehead atoms. The molecule has 10 heteroatoms. The van der Waals surface area contributed by atoms with Crippen molar-refractivity contribution in [3.05, 3.63) is 78.4 Å². The Morgan fingerprint density at radius 2 is 1.82 bits per heavy atom. The maximum absolute atomic E-state index is 13.6. The number of benzene rings is 2. The first-order valence-electron chi connectivity index (χ1n) is 13.0. The molecule has 1 fully saturated rings. The second kappa shape index (κ2) is 13.4. The zero-order chi connectivity index (χ0) is 27.8. The molecule has 1 amide bonds. The van der Waals surface area contributed by atoms with Crippen LogP contribution >= 0.6 is 11.8 Å². The van der Waals surface area contributed by atoms with Gasteiger partial charge in [0, 0.05) is 18.8 Å². The molecule has 208 valence electrons. The van der Waals surface area contributed by atoms with E-state index >= 15 is 0 Å². The molecule has 0 spiro atoms. The van der Waals surface area contributed by atoms with Crippen LogP contribution in [0.3, 0.4) is 0 Å². The Balaban J connectivity index is 1.47. The Kier molecular flexibility index (Phi) is 10.0. The number of thioether (sulfide) groups is 1. The summed E-state index contributed by atoms with van der Waals surface area (Å²) in [6.45, 7) is 0.971. The zero-order valence-electron chi connectivity index (χ0n) is 22.3. The van der Waals surface area contributed by atoms with Gasteiger partial charge in [-0.15, -0.1) is 11.8 Å². The van der Waals surface area contributed by atoms with Gasteiger partial charge in [0.2, 0.25) is 15.9 Å². The average molecular weight is 570 g/mol. The molecule has 1 heterocycles. The van der Waals surface area contributed by atoms with Crippen LogP contribution in [-0.2, 0) is 24.3 Å². The van der Waals surface area contributed by atoms with E-state index in [0.717, 1.165) is 29.5 Å². The predicted molar refractivity (Wildman–Crippen MR) is 155 cm³/mol. The first-order valence-corrected chi connectivity index (χ1v) is 15.5. The molecule has 0 unspecified atom stereocenters. The third kappa shape index (κ3) is 7.39. The van der Waals surface area contributed by atoms with Gasteiger partial charge in [-0.3, -0.25) is 14.5 Å². The number of ether oxygens (including phenoxy) is 1. The van der Waals surface area contributed by atoms with Crippen molar-refractivity contribution in [2.75, 3.05) is 39.5 Å². The van der Waals surface area contributed by atoms with E-state index in [0.29, 0.717) is 18.7 Å². The first kappa shape index (κ1) is 29.1. The number of methoxy groups -OCH3 is 1. The maximum atomic E-state index is 13.6. The number of hydrogen-bond acceptors (Lipinski definition) is 7. The molecule has 0 radical (unpaired) electrons. The Bertz CT molecular complexity index is 1310. The summed E-state index contributed by atoms with van der Waals surface area (Å²) in [7, 11) is -0.692. The second-order valence-corrected chi connectivity index (χ2v) is 12.7. The highest BCUT2D eigenvalue weighted by Crippen LogP contribution is 2.32. The van der Waals surface area contributed by atoms with Crippen LogP contribution in [0.25, 0.3) is 11.1 Å². The highest BCUT2D eigenvalue weighted by Gasteiger charge is 2.41. The van der Waals surface area contributed by atoms with E-state index in [-0.39, 0.29) is 35.9 Å². The molecule has 1 N–H and O–H groups in total. The summed E-state index contributed by atoms with van der Waals surface area (Å²) < 4.78 is 33.2. The van der Waals surface area contributed by atoms with Crippen molar-refractivity contribution in [3.63, 3.8) is 0 Å². The minimum absolute atomic E-state index is 0.152. The van der Waals surface area contributed by atoms with Gasteiger partial charge in [-0.2, -0.15) is 4.31 Å². The molecule has 2 atom stereocenters. The third-order valence-corrected chi connectivity index (χ3v) is 10.0. The van der Waals surface area contributed by atoms with Crippen LogP contribution < -0.4 is 5.32 Å². The molecule has 2 aliphatic rings. The SMILES string of the molecule is COC(=O)CN(C)CC[C@H](NC(=O)[C@@H]1SCCN1S(=O)(=O)c1ccc(-c2ccccc2)cc1)C1=CCCC=C1. The third-order valence-electron chi connectivity index (χ3n) is 6.81. The molecule has 0 aromatic heterocycles. The Hall–Kier alpha value is -2.92. The summed E-state index contributed by atoms with van der Waals surface area (Å²) in [5.74, 6) is -0.119. The molecule has 0 saturated carbocycles. The van der Waals surface area contributed by atoms with Crippen LogP contribution in [0.5, 0.6) is 0 Å². The number of rotatable bonds is 11. The van der Waals surface area contributed by atoms with Crippen LogP contribution in [0.1, 0.15) is 19.3 Å². The quantitative estimate of drug-likeness (QED) is 0.413. The molecule has 1 aliphatic carbocycles. The summed E-state index contributed by atoms with van der Waals surface area (Å²) in [6.07, 6.45) is 8.59. The van der Waals surface area contributed by atoms with Crippen LogP contribution in [-0.4, -0.2) is 80.5 Å². The molecule has 1 saturated heterocycles. The van der Waals surface area contributed by atoms with Crippen LogP contribution in [0.2, 0.25) is 0 Å². The van der Waals surface area contributed by atoms with E-state index in [1.807, 2.05) is 48.4 Å². The molecule has 8 nitrogen and oxygen atoms in total. The lowest BCUT2D eigenvalue weighted by atomic mass is 9.97. The number of nitrogens with one attached hydrogen (secondary N) is 1. The summed E-state index contributed by atoms with van der Waals surface area (Å²) in [4.78, 5) is 27.2. The molecule has 1 aliphatic heterocycles. The summed E-state index contributed by atoms with van der Waals surface area (Å²) in [5.41, 5.74) is 2.92. The van der Waals surface area contributed by atoms with Crippen LogP contribution in [0, 0.1) is 0 Å². The largest absolute Gasteiger partial charge is 0.468 e. The van der Waals surface area contributed by atoms with E-state index < -0.39 is 15.4 Å². The molecule has 2 aromatic rings. The van der Waals surface area contributed by atoms with E-state index in [9.17, 15) is 18.0 Å². The van der Waals surface area contributed by atoms with Crippen LogP contribution in [0.4, 0.5) is 0 Å². The van der Waals surface area contributed by atoms with Gasteiger partial charge >= 0.3 is 5.97 Å². The van der Waals surface area contributed by atoms with Crippen molar-refractivity contribution in [2.24, 2.45) is 0 Å². The monoisotopic (exact) mass is 569 g/mol. The number of sulfonamides is 1. The predicted octanol–water partition coefficient (Wildman–Crippen LogP) is 3.67. The lowest BCUT2D eigenvalue weighted by Crippen LogP contribution is -2.48. The van der Waals surface area contributed by atoms with Crippen molar-refractivity contribution in [2.45, 2.75) is 35.6 Å². The van der Waals surface area contributed by atoms with Gasteiger partial charge in [0.25, 0.3) is 0 Å². The highest BCUT2D eigenvalue weighted by molar-refractivity contribution is 8.02. The summed E-state index contributed by atoms with van der Waals surface area (Å²) in [6, 6.07) is 16.3. The number of esters is 1. The number of likely N-dealkylation sites (N-methyl/N-ethyl adjacent to an activating group) is 1. The van der Waals surface area contributed by atoms with Gasteiger partial charge in [0.15, 0.2) is 0 Å². The second-order valence-electron chi connectivity index (χ2n) is 9.58. The van der Waals surface area contributed by atoms with E-state index in [1.165, 1.54) is 23.2 Å². The first-order chi connectivity index (χ1) is 18.8. The Labute approximate surface area is 235 Å². The van der Waals surface area contributed by atoms with Gasteiger partial charge < -0.3 is 10.1 Å². The van der Waals surface area contributed by atoms with E-state index in [2.05, 4.69) is 17.5 Å². The zero-order valence-corrected chi connectivity index (χ0v) is 23.9. The Morgan fingerprint density at radius 1 is 1.10 bits per heavy atom. The van der Waals surface area contributed by atoms with Crippen molar-refractivity contribution >= 4 is 33.7 Å². The molecular formula is C29H35N3O5S2. The lowest BCUT2D eigenvalue weighted by molar-refractivity contribution is -0.141. The van der Waals surface area contributed by atoms with Crippen LogP contribution in [0.15, 0.2) is 83.3 Å². The topological polar surface area (TPSA) is 96.0 Å². The minimum atomic E-state index is -3.87. The smallest absolute Gasteiger partial charge is 0.319 e. The standard InChI is InChI=1S/C29H35N3O5S2/c1-31(21-27(33)37-2)18-17-26(24-11-7-4-8-12-24)30-28(34)29-32(19-20-38-29)39(35,36)25-15-13-23(14-16-25)22-9-5-3-6-10-22/h3,5-7,9-16,26,29H,4,8,17-21H2,1-2H3,(H,30,34)/t26-,29-/m0/s1. The number of allylic oxidation sites excluding steroid dienone is 2. The fourth-order valence-electron chi connectivity index (χ4n) is 4.66. The fourth-order valence-corrected chi connectivity index (χ4v) is 7.75. The van der Waals surface area contributed by atoms with Gasteiger partial charge in [-0.05, 0) is 55.1 Å². The number of amides is 1. The minimum Gasteiger partial charge on any atom is -0.468 e. The fraction of sp³-hybridized carbons (Fsp3) is 0.379. The summed E-state index contributed by atoms with van der Waals surface area (Å²) in [5, 5.41) is 2.25. The average Bonchev–Trinajstić information content (AvgIpc) is 3.47. The van der Waals surface area contributed by atoms with Gasteiger partial charge in [-0.1, -0.05) is 60.7 Å². The van der Waals surface area contributed by atoms with Crippen molar-refractivity contribution in [1.82, 2.24) is 14.5 Å². The van der Waals surface area contributed by atoms with Crippen molar-refractivity contribution < 1.29 is 22.7 Å². The number of carbonyl (C=O) groups excluding carboxylic acids is 2. The maximum Gasteiger partial charge on any atom is 0.319 e. The number of carbonyl (C=O) groups is 2. The van der Waals surface area contributed by atoms with Gasteiger partial charge in [-0.25, -0.2) is 8.42 Å². The lowest BCUT2D eigenvalue weighted by Gasteiger charge is -2.28. The number of nitrogens with zero attached hydrogens (tertiary/aromatic N) is 2.